The smallest absolute Gasteiger partial charge is 0.273 e. The third kappa shape index (κ3) is 1.46. The van der Waals surface area contributed by atoms with E-state index in [2.05, 4.69) is 4.98 Å². The number of morpholine rings is 1. The minimum absolute atomic E-state index is 0.0650. The van der Waals surface area contributed by atoms with Gasteiger partial charge in [0.05, 0.1) is 23.8 Å². The summed E-state index contributed by atoms with van der Waals surface area (Å²) in [7, 11) is 0. The number of aromatic nitrogens is 1. The molecule has 3 heterocycles. The van der Waals surface area contributed by atoms with Crippen LogP contribution in [-0.4, -0.2) is 41.1 Å². The molecule has 0 radical (unpaired) electrons. The molecule has 0 aromatic carbocycles. The Morgan fingerprint density at radius 2 is 2.60 bits per heavy atom. The van der Waals surface area contributed by atoms with E-state index >= 15 is 0 Å². The van der Waals surface area contributed by atoms with Crippen LogP contribution in [0.5, 0.6) is 0 Å². The number of thiazole rings is 1. The third-order valence-electron chi connectivity index (χ3n) is 3.00. The predicted octanol–water partition coefficient (Wildman–Crippen LogP) is 1.06. The van der Waals surface area contributed by atoms with E-state index in [-0.39, 0.29) is 18.1 Å². The Balaban J connectivity index is 1.81. The van der Waals surface area contributed by atoms with Gasteiger partial charge < -0.3 is 9.64 Å². The number of rotatable bonds is 1. The summed E-state index contributed by atoms with van der Waals surface area (Å²) in [5.74, 6) is 0.0650. The minimum atomic E-state index is 0.0650. The highest BCUT2D eigenvalue weighted by Gasteiger charge is 2.42. The van der Waals surface area contributed by atoms with Crippen LogP contribution < -0.4 is 0 Å². The lowest BCUT2D eigenvalue weighted by molar-refractivity contribution is 0.0256. The molecule has 80 valence electrons. The molecule has 2 aliphatic rings. The Bertz CT molecular complexity index is 404. The molecular formula is C10H12N2O2S. The maximum Gasteiger partial charge on any atom is 0.273 e. The van der Waals surface area contributed by atoms with Crippen LogP contribution in [0.4, 0.5) is 0 Å². The highest BCUT2D eigenvalue weighted by molar-refractivity contribution is 7.09. The van der Waals surface area contributed by atoms with Crippen LogP contribution in [0.3, 0.4) is 0 Å². The quantitative estimate of drug-likeness (QED) is 0.716. The molecule has 1 amide bonds. The van der Waals surface area contributed by atoms with E-state index in [0.717, 1.165) is 18.0 Å². The molecule has 1 aromatic rings. The Morgan fingerprint density at radius 1 is 1.73 bits per heavy atom. The Kier molecular flexibility index (Phi) is 2.03. The highest BCUT2D eigenvalue weighted by Crippen LogP contribution is 2.29. The maximum atomic E-state index is 12.1. The molecule has 0 aliphatic carbocycles. The summed E-state index contributed by atoms with van der Waals surface area (Å²) >= 11 is 1.52. The number of nitrogens with zero attached hydrogens (tertiary/aromatic N) is 2. The van der Waals surface area contributed by atoms with Crippen molar-refractivity contribution in [3.63, 3.8) is 0 Å². The zero-order valence-corrected chi connectivity index (χ0v) is 9.29. The van der Waals surface area contributed by atoms with Crippen molar-refractivity contribution in [3.05, 3.63) is 16.1 Å². The number of amides is 1. The highest BCUT2D eigenvalue weighted by atomic mass is 32.1. The van der Waals surface area contributed by atoms with Gasteiger partial charge in [0.25, 0.3) is 5.91 Å². The predicted molar refractivity (Wildman–Crippen MR) is 56.0 cm³/mol. The van der Waals surface area contributed by atoms with Crippen LogP contribution in [0.25, 0.3) is 0 Å². The van der Waals surface area contributed by atoms with Gasteiger partial charge in [0, 0.05) is 11.9 Å². The topological polar surface area (TPSA) is 42.4 Å². The molecule has 2 unspecified atom stereocenters. The van der Waals surface area contributed by atoms with Crippen molar-refractivity contribution >= 4 is 17.2 Å². The Labute approximate surface area is 91.9 Å². The van der Waals surface area contributed by atoms with E-state index in [4.69, 9.17) is 4.74 Å². The third-order valence-corrected chi connectivity index (χ3v) is 3.77. The van der Waals surface area contributed by atoms with Gasteiger partial charge in [-0.3, -0.25) is 4.79 Å². The second-order valence-corrected chi connectivity index (χ2v) is 5.12. The summed E-state index contributed by atoms with van der Waals surface area (Å²) < 4.78 is 5.46. The fourth-order valence-corrected chi connectivity index (χ4v) is 2.84. The molecule has 4 nitrogen and oxygen atoms in total. The maximum absolute atomic E-state index is 12.1. The average Bonchev–Trinajstić information content (AvgIpc) is 2.90. The molecular weight excluding hydrogens is 212 g/mol. The Morgan fingerprint density at radius 3 is 3.13 bits per heavy atom. The number of carbonyl (C=O) groups excluding carboxylic acids is 1. The van der Waals surface area contributed by atoms with E-state index in [9.17, 15) is 4.79 Å². The van der Waals surface area contributed by atoms with Gasteiger partial charge in [-0.05, 0) is 13.3 Å². The van der Waals surface area contributed by atoms with E-state index in [0.29, 0.717) is 12.3 Å². The normalized spacial score (nSPS) is 28.7. The zero-order valence-electron chi connectivity index (χ0n) is 8.47. The van der Waals surface area contributed by atoms with Gasteiger partial charge in [-0.15, -0.1) is 11.3 Å². The number of hydrogen-bond donors (Lipinski definition) is 0. The first kappa shape index (κ1) is 9.30. The van der Waals surface area contributed by atoms with Crippen molar-refractivity contribution in [2.75, 3.05) is 13.2 Å². The van der Waals surface area contributed by atoms with Crippen molar-refractivity contribution in [1.29, 1.82) is 0 Å². The number of likely N-dealkylation sites (tertiary alicyclic amines) is 1. The van der Waals surface area contributed by atoms with Gasteiger partial charge in [-0.1, -0.05) is 0 Å². The molecule has 15 heavy (non-hydrogen) atoms. The summed E-state index contributed by atoms with van der Waals surface area (Å²) in [6.07, 6.45) is 1.26. The van der Waals surface area contributed by atoms with Crippen LogP contribution in [-0.2, 0) is 4.74 Å². The van der Waals surface area contributed by atoms with E-state index in [1.54, 1.807) is 0 Å². The van der Waals surface area contributed by atoms with Crippen molar-refractivity contribution in [2.45, 2.75) is 25.5 Å². The van der Waals surface area contributed by atoms with Gasteiger partial charge in [-0.25, -0.2) is 4.98 Å². The van der Waals surface area contributed by atoms with Gasteiger partial charge >= 0.3 is 0 Å². The lowest BCUT2D eigenvalue weighted by atomic mass is 10.2. The molecule has 2 bridgehead atoms. The molecule has 2 aliphatic heterocycles. The first-order valence-corrected chi connectivity index (χ1v) is 5.96. The fraction of sp³-hybridized carbons (Fsp3) is 0.600. The van der Waals surface area contributed by atoms with Gasteiger partial charge in [0.15, 0.2) is 0 Å². The molecule has 0 spiro atoms. The van der Waals surface area contributed by atoms with E-state index in [1.165, 1.54) is 11.3 Å². The monoisotopic (exact) mass is 224 g/mol. The zero-order chi connectivity index (χ0) is 10.4. The summed E-state index contributed by atoms with van der Waals surface area (Å²) in [6, 6.07) is 0.282. The van der Waals surface area contributed by atoms with Gasteiger partial charge in [0.2, 0.25) is 0 Å². The molecule has 0 saturated carbocycles. The molecule has 0 N–H and O–H groups in total. The first-order valence-electron chi connectivity index (χ1n) is 5.09. The van der Waals surface area contributed by atoms with Crippen LogP contribution in [0.15, 0.2) is 5.38 Å². The SMILES string of the molecule is Cc1nc(C(=O)N2CC3CC2CO3)cs1. The number of carbonyl (C=O) groups is 1. The van der Waals surface area contributed by atoms with Gasteiger partial charge in [-0.2, -0.15) is 0 Å². The average molecular weight is 224 g/mol. The molecule has 2 atom stereocenters. The number of hydrogen-bond acceptors (Lipinski definition) is 4. The minimum Gasteiger partial charge on any atom is -0.374 e. The molecule has 3 rings (SSSR count). The fourth-order valence-electron chi connectivity index (χ4n) is 2.26. The Hall–Kier alpha value is -0.940. The van der Waals surface area contributed by atoms with Crippen LogP contribution in [0.1, 0.15) is 21.9 Å². The summed E-state index contributed by atoms with van der Waals surface area (Å²) in [6.45, 7) is 3.35. The number of aryl methyl sites for hydroxylation is 1. The lowest BCUT2D eigenvalue weighted by Gasteiger charge is -2.25. The molecule has 1 aromatic heterocycles. The molecule has 2 saturated heterocycles. The van der Waals surface area contributed by atoms with Crippen LogP contribution >= 0.6 is 11.3 Å². The lowest BCUT2D eigenvalue weighted by Crippen LogP contribution is -2.41. The molecule has 2 fully saturated rings. The molecule has 5 heteroatoms. The first-order chi connectivity index (χ1) is 7.24. The van der Waals surface area contributed by atoms with Crippen LogP contribution in [0.2, 0.25) is 0 Å². The number of ether oxygens (including phenoxy) is 1. The largest absolute Gasteiger partial charge is 0.374 e. The van der Waals surface area contributed by atoms with Crippen molar-refractivity contribution < 1.29 is 9.53 Å². The van der Waals surface area contributed by atoms with Crippen LogP contribution in [0, 0.1) is 6.92 Å². The summed E-state index contributed by atoms with van der Waals surface area (Å²) in [5, 5.41) is 2.78. The second kappa shape index (κ2) is 3.28. The van der Waals surface area contributed by atoms with E-state index in [1.807, 2.05) is 17.2 Å². The number of fused-ring (bicyclic) bond motifs is 2. The summed E-state index contributed by atoms with van der Waals surface area (Å²) in [4.78, 5) is 18.2. The van der Waals surface area contributed by atoms with Crippen molar-refractivity contribution in [1.82, 2.24) is 9.88 Å². The van der Waals surface area contributed by atoms with Crippen molar-refractivity contribution in [2.24, 2.45) is 0 Å². The standard InChI is InChI=1S/C10H12N2O2S/c1-6-11-9(5-15-6)10(13)12-3-8-2-7(12)4-14-8/h5,7-8H,2-4H2,1H3. The van der Waals surface area contributed by atoms with E-state index < -0.39 is 0 Å². The summed E-state index contributed by atoms with van der Waals surface area (Å²) in [5.41, 5.74) is 0.588. The second-order valence-electron chi connectivity index (χ2n) is 4.05. The van der Waals surface area contributed by atoms with Crippen molar-refractivity contribution in [3.8, 4) is 0 Å². The van der Waals surface area contributed by atoms with Gasteiger partial charge in [0.1, 0.15) is 5.69 Å².